The van der Waals surface area contributed by atoms with Gasteiger partial charge in [-0.15, -0.1) is 0 Å². The van der Waals surface area contributed by atoms with E-state index in [1.165, 1.54) is 14.2 Å². The first-order chi connectivity index (χ1) is 9.65. The first kappa shape index (κ1) is 14.2. The lowest BCUT2D eigenvalue weighted by atomic mass is 9.81. The molecule has 1 heterocycles. The molecule has 0 aliphatic heterocycles. The summed E-state index contributed by atoms with van der Waals surface area (Å²) >= 11 is 0. The number of rotatable bonds is 3. The maximum absolute atomic E-state index is 12.2. The van der Waals surface area contributed by atoms with Gasteiger partial charge >= 0.3 is 11.9 Å². The highest BCUT2D eigenvalue weighted by Crippen LogP contribution is 2.45. The molecular weight excluding hydrogens is 258 g/mol. The van der Waals surface area contributed by atoms with E-state index in [1.807, 2.05) is 18.2 Å². The lowest BCUT2D eigenvalue weighted by molar-refractivity contribution is -0.165. The number of carbonyl (C=O) groups is 2. The van der Waals surface area contributed by atoms with Gasteiger partial charge in [-0.3, -0.25) is 14.6 Å². The lowest BCUT2D eigenvalue weighted by Gasteiger charge is -2.24. The molecule has 1 fully saturated rings. The predicted octanol–water partition coefficient (Wildman–Crippen LogP) is 1.98. The van der Waals surface area contributed by atoms with Crippen LogP contribution in [0.4, 0.5) is 0 Å². The highest BCUT2D eigenvalue weighted by atomic mass is 16.5. The molecule has 1 saturated carbocycles. The van der Waals surface area contributed by atoms with Crippen LogP contribution in [-0.2, 0) is 19.1 Å². The fraction of sp³-hybridized carbons (Fsp3) is 0.400. The van der Waals surface area contributed by atoms with Gasteiger partial charge in [-0.25, -0.2) is 0 Å². The number of hydrogen-bond acceptors (Lipinski definition) is 5. The normalized spacial score (nSPS) is 18.8. The molecule has 0 unspecified atom stereocenters. The minimum Gasteiger partial charge on any atom is -0.468 e. The van der Waals surface area contributed by atoms with E-state index in [2.05, 4.69) is 4.98 Å². The third kappa shape index (κ3) is 2.31. The molecule has 1 aliphatic carbocycles. The molecule has 1 aromatic rings. The molecule has 5 heteroatoms. The Morgan fingerprint density at radius 3 is 2.50 bits per heavy atom. The van der Waals surface area contributed by atoms with Crippen LogP contribution in [0.25, 0.3) is 6.08 Å². The molecule has 0 N–H and O–H groups in total. The second-order valence-corrected chi connectivity index (χ2v) is 4.67. The van der Waals surface area contributed by atoms with Crippen molar-refractivity contribution in [2.75, 3.05) is 14.2 Å². The van der Waals surface area contributed by atoms with Crippen LogP contribution in [0, 0.1) is 5.41 Å². The average molecular weight is 275 g/mol. The van der Waals surface area contributed by atoms with Crippen molar-refractivity contribution < 1.29 is 19.1 Å². The van der Waals surface area contributed by atoms with Gasteiger partial charge in [0.2, 0.25) is 0 Å². The molecule has 0 aromatic carbocycles. The Hall–Kier alpha value is -2.17. The molecule has 1 aromatic heterocycles. The Labute approximate surface area is 117 Å². The number of methoxy groups -OCH3 is 2. The average Bonchev–Trinajstić information content (AvgIpc) is 2.91. The van der Waals surface area contributed by atoms with Crippen molar-refractivity contribution in [2.24, 2.45) is 5.41 Å². The van der Waals surface area contributed by atoms with Crippen LogP contribution in [0.2, 0.25) is 0 Å². The van der Waals surface area contributed by atoms with Gasteiger partial charge in [0.15, 0.2) is 5.41 Å². The molecule has 0 amide bonds. The fourth-order valence-electron chi connectivity index (χ4n) is 2.65. The second kappa shape index (κ2) is 5.86. The summed E-state index contributed by atoms with van der Waals surface area (Å²) in [6.07, 6.45) is 5.24. The summed E-state index contributed by atoms with van der Waals surface area (Å²) in [6, 6.07) is 5.49. The number of aromatic nitrogens is 1. The molecule has 2 rings (SSSR count). The summed E-state index contributed by atoms with van der Waals surface area (Å²) in [4.78, 5) is 28.5. The van der Waals surface area contributed by atoms with Crippen molar-refractivity contribution in [3.63, 3.8) is 0 Å². The Morgan fingerprint density at radius 1 is 1.25 bits per heavy atom. The van der Waals surface area contributed by atoms with Crippen molar-refractivity contribution in [3.8, 4) is 0 Å². The van der Waals surface area contributed by atoms with Crippen LogP contribution in [0.1, 0.15) is 25.0 Å². The second-order valence-electron chi connectivity index (χ2n) is 4.67. The van der Waals surface area contributed by atoms with E-state index in [0.717, 1.165) is 6.42 Å². The largest absolute Gasteiger partial charge is 0.468 e. The summed E-state index contributed by atoms with van der Waals surface area (Å²) in [5, 5.41) is 0. The van der Waals surface area contributed by atoms with E-state index in [0.29, 0.717) is 24.1 Å². The third-order valence-corrected chi connectivity index (χ3v) is 3.62. The number of carbonyl (C=O) groups excluding carboxylic acids is 2. The standard InChI is InChI=1S/C15H17NO4/c1-19-13(17)15(14(18)20-2)8-5-6-11(15)10-12-7-3-4-9-16-12/h3-4,7,9-10H,5-6,8H2,1-2H3/b11-10-. The maximum Gasteiger partial charge on any atom is 0.327 e. The van der Waals surface area contributed by atoms with Gasteiger partial charge in [0.05, 0.1) is 19.9 Å². The SMILES string of the molecule is COC(=O)C1(C(=O)OC)CCC/C1=C/c1ccccn1. The van der Waals surface area contributed by atoms with Crippen molar-refractivity contribution in [1.29, 1.82) is 0 Å². The van der Waals surface area contributed by atoms with Crippen LogP contribution in [-0.4, -0.2) is 31.1 Å². The summed E-state index contributed by atoms with van der Waals surface area (Å²) < 4.78 is 9.65. The van der Waals surface area contributed by atoms with Crippen LogP contribution in [0.3, 0.4) is 0 Å². The van der Waals surface area contributed by atoms with Crippen LogP contribution >= 0.6 is 0 Å². The predicted molar refractivity (Wildman–Crippen MR) is 72.5 cm³/mol. The molecule has 0 saturated heterocycles. The molecule has 1 aliphatic rings. The quantitative estimate of drug-likeness (QED) is 0.623. The van der Waals surface area contributed by atoms with Gasteiger partial charge in [-0.05, 0) is 43.0 Å². The van der Waals surface area contributed by atoms with Crippen LogP contribution in [0.15, 0.2) is 30.0 Å². The summed E-state index contributed by atoms with van der Waals surface area (Å²) in [6.45, 7) is 0. The van der Waals surface area contributed by atoms with E-state index in [4.69, 9.17) is 9.47 Å². The van der Waals surface area contributed by atoms with Crippen molar-refractivity contribution >= 4 is 18.0 Å². The van der Waals surface area contributed by atoms with E-state index in [1.54, 1.807) is 12.3 Å². The van der Waals surface area contributed by atoms with E-state index < -0.39 is 17.4 Å². The van der Waals surface area contributed by atoms with Gasteiger partial charge in [0, 0.05) is 6.20 Å². The molecular formula is C15H17NO4. The smallest absolute Gasteiger partial charge is 0.327 e. The van der Waals surface area contributed by atoms with Crippen LogP contribution < -0.4 is 0 Å². The summed E-state index contributed by atoms with van der Waals surface area (Å²) in [5.74, 6) is -1.13. The molecule has 20 heavy (non-hydrogen) atoms. The topological polar surface area (TPSA) is 65.5 Å². The molecule has 0 spiro atoms. The van der Waals surface area contributed by atoms with Gasteiger partial charge in [-0.1, -0.05) is 6.07 Å². The number of ether oxygens (including phenoxy) is 2. The zero-order valence-corrected chi connectivity index (χ0v) is 11.6. The van der Waals surface area contributed by atoms with Gasteiger partial charge < -0.3 is 9.47 Å². The van der Waals surface area contributed by atoms with Crippen molar-refractivity contribution in [2.45, 2.75) is 19.3 Å². The minimum absolute atomic E-state index is 0.408. The molecule has 0 bridgehead atoms. The lowest BCUT2D eigenvalue weighted by Crippen LogP contribution is -2.40. The number of pyridine rings is 1. The number of nitrogens with zero attached hydrogens (tertiary/aromatic N) is 1. The Kier molecular flexibility index (Phi) is 4.17. The Balaban J connectivity index is 2.48. The number of hydrogen-bond donors (Lipinski definition) is 0. The zero-order chi connectivity index (χ0) is 14.6. The van der Waals surface area contributed by atoms with Crippen molar-refractivity contribution in [3.05, 3.63) is 35.7 Å². The summed E-state index contributed by atoms with van der Waals surface area (Å²) in [5.41, 5.74) is 0.0950. The first-order valence-corrected chi connectivity index (χ1v) is 6.44. The van der Waals surface area contributed by atoms with Gasteiger partial charge in [0.1, 0.15) is 0 Å². The molecule has 0 atom stereocenters. The Morgan fingerprint density at radius 2 is 1.95 bits per heavy atom. The Bertz CT molecular complexity index is 520. The van der Waals surface area contributed by atoms with E-state index in [-0.39, 0.29) is 0 Å². The third-order valence-electron chi connectivity index (χ3n) is 3.62. The zero-order valence-electron chi connectivity index (χ0n) is 11.6. The van der Waals surface area contributed by atoms with E-state index >= 15 is 0 Å². The monoisotopic (exact) mass is 275 g/mol. The molecule has 5 nitrogen and oxygen atoms in total. The van der Waals surface area contributed by atoms with Gasteiger partial charge in [0.25, 0.3) is 0 Å². The maximum atomic E-state index is 12.2. The first-order valence-electron chi connectivity index (χ1n) is 6.44. The van der Waals surface area contributed by atoms with Crippen molar-refractivity contribution in [1.82, 2.24) is 4.98 Å². The number of esters is 2. The summed E-state index contributed by atoms with van der Waals surface area (Å²) in [7, 11) is 2.56. The highest BCUT2D eigenvalue weighted by Gasteiger charge is 2.53. The minimum atomic E-state index is -1.32. The van der Waals surface area contributed by atoms with Crippen LogP contribution in [0.5, 0.6) is 0 Å². The molecule has 106 valence electrons. The highest BCUT2D eigenvalue weighted by molar-refractivity contribution is 6.05. The van der Waals surface area contributed by atoms with E-state index in [9.17, 15) is 9.59 Å². The van der Waals surface area contributed by atoms with Gasteiger partial charge in [-0.2, -0.15) is 0 Å². The fourth-order valence-corrected chi connectivity index (χ4v) is 2.65. The molecule has 0 radical (unpaired) electrons.